The van der Waals surface area contributed by atoms with Gasteiger partial charge in [0.1, 0.15) is 0 Å². The number of hydrogen-bond donors (Lipinski definition) is 1. The fraction of sp³-hybridized carbons (Fsp3) is 1.00. The van der Waals surface area contributed by atoms with Crippen molar-refractivity contribution >= 4 is 0 Å². The standard InChI is InChI=1S/C8H15N/c1-6-4-8(6)9-5-7-2-3-7/h6-9H,2-5H2,1H3. The zero-order valence-corrected chi connectivity index (χ0v) is 6.06. The Morgan fingerprint density at radius 2 is 2.11 bits per heavy atom. The summed E-state index contributed by atoms with van der Waals surface area (Å²) in [4.78, 5) is 0. The molecule has 1 nitrogen and oxygen atoms in total. The zero-order valence-electron chi connectivity index (χ0n) is 6.06. The Labute approximate surface area is 56.8 Å². The van der Waals surface area contributed by atoms with Crippen molar-refractivity contribution in [1.29, 1.82) is 0 Å². The highest BCUT2D eigenvalue weighted by molar-refractivity contribution is 4.91. The third-order valence-corrected chi connectivity index (χ3v) is 2.48. The van der Waals surface area contributed by atoms with E-state index in [0.29, 0.717) is 0 Å². The molecular formula is C8H15N. The average Bonchev–Trinajstić information content (AvgIpc) is 2.60. The molecule has 2 fully saturated rings. The maximum Gasteiger partial charge on any atom is 0.00965 e. The molecule has 2 aliphatic carbocycles. The summed E-state index contributed by atoms with van der Waals surface area (Å²) in [6, 6.07) is 0.894. The predicted molar refractivity (Wildman–Crippen MR) is 38.3 cm³/mol. The Bertz CT molecular complexity index is 107. The van der Waals surface area contributed by atoms with Crippen LogP contribution in [-0.2, 0) is 0 Å². The molecule has 1 N–H and O–H groups in total. The first-order valence-electron chi connectivity index (χ1n) is 4.09. The van der Waals surface area contributed by atoms with E-state index in [1.807, 2.05) is 0 Å². The van der Waals surface area contributed by atoms with Gasteiger partial charge in [-0.25, -0.2) is 0 Å². The predicted octanol–water partition coefficient (Wildman–Crippen LogP) is 1.39. The molecule has 0 heterocycles. The molecule has 0 aromatic heterocycles. The molecule has 52 valence electrons. The van der Waals surface area contributed by atoms with E-state index in [4.69, 9.17) is 0 Å². The van der Waals surface area contributed by atoms with Crippen molar-refractivity contribution in [3.8, 4) is 0 Å². The van der Waals surface area contributed by atoms with Gasteiger partial charge >= 0.3 is 0 Å². The van der Waals surface area contributed by atoms with Gasteiger partial charge in [-0.1, -0.05) is 6.92 Å². The van der Waals surface area contributed by atoms with Crippen LogP contribution in [0, 0.1) is 11.8 Å². The molecule has 0 saturated heterocycles. The summed E-state index contributed by atoms with van der Waals surface area (Å²) in [5.74, 6) is 2.03. The second kappa shape index (κ2) is 1.98. The number of nitrogens with one attached hydrogen (secondary N) is 1. The molecule has 1 heteroatoms. The number of hydrogen-bond acceptors (Lipinski definition) is 1. The van der Waals surface area contributed by atoms with Crippen molar-refractivity contribution in [1.82, 2.24) is 5.32 Å². The molecular weight excluding hydrogens is 110 g/mol. The van der Waals surface area contributed by atoms with E-state index in [-0.39, 0.29) is 0 Å². The first kappa shape index (κ1) is 5.72. The minimum absolute atomic E-state index is 0.894. The summed E-state index contributed by atoms with van der Waals surface area (Å²) in [5, 5.41) is 3.57. The summed E-state index contributed by atoms with van der Waals surface area (Å²) < 4.78 is 0. The van der Waals surface area contributed by atoms with Gasteiger partial charge in [-0.3, -0.25) is 0 Å². The monoisotopic (exact) mass is 125 g/mol. The molecule has 0 bridgehead atoms. The Morgan fingerprint density at radius 1 is 1.44 bits per heavy atom. The van der Waals surface area contributed by atoms with E-state index in [2.05, 4.69) is 12.2 Å². The van der Waals surface area contributed by atoms with Crippen LogP contribution < -0.4 is 5.32 Å². The molecule has 0 spiro atoms. The maximum absolute atomic E-state index is 3.57. The van der Waals surface area contributed by atoms with Gasteiger partial charge in [0.05, 0.1) is 0 Å². The van der Waals surface area contributed by atoms with Gasteiger partial charge < -0.3 is 5.32 Å². The zero-order chi connectivity index (χ0) is 6.27. The Kier molecular flexibility index (Phi) is 1.26. The van der Waals surface area contributed by atoms with Crippen LogP contribution in [-0.4, -0.2) is 12.6 Å². The molecule has 0 amide bonds. The Balaban J connectivity index is 1.57. The first-order valence-corrected chi connectivity index (χ1v) is 4.09. The van der Waals surface area contributed by atoms with Crippen LogP contribution in [0.4, 0.5) is 0 Å². The first-order chi connectivity index (χ1) is 4.36. The third kappa shape index (κ3) is 1.45. The molecule has 0 radical (unpaired) electrons. The van der Waals surface area contributed by atoms with Crippen molar-refractivity contribution < 1.29 is 0 Å². The molecule has 0 aliphatic heterocycles. The van der Waals surface area contributed by atoms with Crippen LogP contribution in [0.3, 0.4) is 0 Å². The van der Waals surface area contributed by atoms with Crippen LogP contribution >= 0.6 is 0 Å². The normalized spacial score (nSPS) is 41.0. The molecule has 2 unspecified atom stereocenters. The van der Waals surface area contributed by atoms with E-state index < -0.39 is 0 Å². The average molecular weight is 125 g/mol. The van der Waals surface area contributed by atoms with Gasteiger partial charge in [-0.15, -0.1) is 0 Å². The fourth-order valence-electron chi connectivity index (χ4n) is 1.25. The summed E-state index contributed by atoms with van der Waals surface area (Å²) >= 11 is 0. The summed E-state index contributed by atoms with van der Waals surface area (Å²) in [6.07, 6.45) is 4.38. The molecule has 2 atom stereocenters. The van der Waals surface area contributed by atoms with Gasteiger partial charge in [-0.2, -0.15) is 0 Å². The highest BCUT2D eigenvalue weighted by Crippen LogP contribution is 2.32. The lowest BCUT2D eigenvalue weighted by Gasteiger charge is -1.98. The highest BCUT2D eigenvalue weighted by atomic mass is 15.0. The molecule has 0 aromatic rings. The summed E-state index contributed by atoms with van der Waals surface area (Å²) in [6.45, 7) is 3.62. The van der Waals surface area contributed by atoms with Crippen molar-refractivity contribution in [3.05, 3.63) is 0 Å². The molecule has 2 aliphatic rings. The van der Waals surface area contributed by atoms with E-state index in [0.717, 1.165) is 17.9 Å². The maximum atomic E-state index is 3.57. The van der Waals surface area contributed by atoms with E-state index >= 15 is 0 Å². The summed E-state index contributed by atoms with van der Waals surface area (Å²) in [5.41, 5.74) is 0. The van der Waals surface area contributed by atoms with Crippen molar-refractivity contribution in [2.75, 3.05) is 6.54 Å². The van der Waals surface area contributed by atoms with Crippen LogP contribution in [0.15, 0.2) is 0 Å². The lowest BCUT2D eigenvalue weighted by atomic mass is 10.4. The van der Waals surface area contributed by atoms with Crippen LogP contribution in [0.2, 0.25) is 0 Å². The lowest BCUT2D eigenvalue weighted by molar-refractivity contribution is 0.611. The van der Waals surface area contributed by atoms with Gasteiger partial charge in [0.15, 0.2) is 0 Å². The van der Waals surface area contributed by atoms with Crippen LogP contribution in [0.25, 0.3) is 0 Å². The minimum Gasteiger partial charge on any atom is -0.313 e. The fourth-order valence-corrected chi connectivity index (χ4v) is 1.25. The largest absolute Gasteiger partial charge is 0.313 e. The van der Waals surface area contributed by atoms with Gasteiger partial charge in [0.2, 0.25) is 0 Å². The third-order valence-electron chi connectivity index (χ3n) is 2.48. The molecule has 0 aromatic carbocycles. The van der Waals surface area contributed by atoms with Crippen molar-refractivity contribution in [2.45, 2.75) is 32.2 Å². The quantitative estimate of drug-likeness (QED) is 0.601. The van der Waals surface area contributed by atoms with E-state index in [1.54, 1.807) is 0 Å². The van der Waals surface area contributed by atoms with Gasteiger partial charge in [0, 0.05) is 6.04 Å². The van der Waals surface area contributed by atoms with Crippen LogP contribution in [0.1, 0.15) is 26.2 Å². The Hall–Kier alpha value is -0.0400. The summed E-state index contributed by atoms with van der Waals surface area (Å²) in [7, 11) is 0. The molecule has 2 rings (SSSR count). The lowest BCUT2D eigenvalue weighted by Crippen LogP contribution is -2.20. The highest BCUT2D eigenvalue weighted by Gasteiger charge is 2.33. The minimum atomic E-state index is 0.894. The second-order valence-electron chi connectivity index (χ2n) is 3.67. The molecule has 2 saturated carbocycles. The topological polar surface area (TPSA) is 12.0 Å². The Morgan fingerprint density at radius 3 is 2.56 bits per heavy atom. The number of rotatable bonds is 3. The van der Waals surface area contributed by atoms with Crippen LogP contribution in [0.5, 0.6) is 0 Å². The molecule has 9 heavy (non-hydrogen) atoms. The SMILES string of the molecule is CC1CC1NCC1CC1. The van der Waals surface area contributed by atoms with Crippen molar-refractivity contribution in [2.24, 2.45) is 11.8 Å². The van der Waals surface area contributed by atoms with Gasteiger partial charge in [0.25, 0.3) is 0 Å². The smallest absolute Gasteiger partial charge is 0.00965 e. The van der Waals surface area contributed by atoms with Crippen molar-refractivity contribution in [3.63, 3.8) is 0 Å². The second-order valence-corrected chi connectivity index (χ2v) is 3.67. The van der Waals surface area contributed by atoms with Gasteiger partial charge in [-0.05, 0) is 37.6 Å². The van der Waals surface area contributed by atoms with E-state index in [1.165, 1.54) is 25.8 Å². The van der Waals surface area contributed by atoms with E-state index in [9.17, 15) is 0 Å².